The zero-order chi connectivity index (χ0) is 20.5. The molecule has 7 heteroatoms. The van der Waals surface area contributed by atoms with E-state index < -0.39 is 0 Å². The topological polar surface area (TPSA) is 51.0 Å². The molecule has 1 saturated heterocycles. The highest BCUT2D eigenvalue weighted by molar-refractivity contribution is 8.00. The van der Waals surface area contributed by atoms with Crippen LogP contribution in [0.3, 0.4) is 0 Å². The summed E-state index contributed by atoms with van der Waals surface area (Å²) >= 11 is 3.40. The fourth-order valence-corrected chi connectivity index (χ4v) is 6.51. The monoisotopic (exact) mass is 432 g/mol. The van der Waals surface area contributed by atoms with E-state index in [1.54, 1.807) is 0 Å². The fraction of sp³-hybridized carbons (Fsp3) is 0.682. The molecular weight excluding hydrogens is 400 g/mol. The minimum absolute atomic E-state index is 0.138. The summed E-state index contributed by atoms with van der Waals surface area (Å²) in [4.78, 5) is 17.6. The second kappa shape index (κ2) is 8.80. The molecule has 1 amide bonds. The number of hydrogen-bond donors (Lipinski definition) is 0. The van der Waals surface area contributed by atoms with Gasteiger partial charge in [0, 0.05) is 25.0 Å². The van der Waals surface area contributed by atoms with Gasteiger partial charge in [0.25, 0.3) is 0 Å². The summed E-state index contributed by atoms with van der Waals surface area (Å²) in [5.74, 6) is 2.70. The highest BCUT2D eigenvalue weighted by Crippen LogP contribution is 2.38. The molecule has 1 aliphatic heterocycles. The van der Waals surface area contributed by atoms with Crippen molar-refractivity contribution in [3.05, 3.63) is 16.5 Å². The van der Waals surface area contributed by atoms with Gasteiger partial charge in [-0.2, -0.15) is 0 Å². The van der Waals surface area contributed by atoms with E-state index in [4.69, 9.17) is 0 Å². The number of carbonyl (C=O) groups is 1. The molecule has 29 heavy (non-hydrogen) atoms. The Morgan fingerprint density at radius 2 is 2.07 bits per heavy atom. The number of piperidine rings is 1. The van der Waals surface area contributed by atoms with Gasteiger partial charge >= 0.3 is 0 Å². The first-order valence-electron chi connectivity index (χ1n) is 10.9. The highest BCUT2D eigenvalue weighted by Gasteiger charge is 2.27. The Morgan fingerprint density at radius 3 is 2.79 bits per heavy atom. The van der Waals surface area contributed by atoms with Gasteiger partial charge < -0.3 is 9.47 Å². The molecule has 158 valence electrons. The van der Waals surface area contributed by atoms with Gasteiger partial charge in [-0.25, -0.2) is 0 Å². The molecule has 2 aromatic rings. The van der Waals surface area contributed by atoms with E-state index in [9.17, 15) is 4.79 Å². The third kappa shape index (κ3) is 4.41. The van der Waals surface area contributed by atoms with Gasteiger partial charge in [0.15, 0.2) is 11.0 Å². The molecule has 0 radical (unpaired) electrons. The number of amides is 1. The fourth-order valence-electron chi connectivity index (χ4n) is 4.38. The molecule has 0 aromatic carbocycles. The molecule has 3 heterocycles. The number of rotatable bonds is 5. The van der Waals surface area contributed by atoms with Crippen LogP contribution in [0.4, 0.5) is 0 Å². The van der Waals surface area contributed by atoms with Crippen LogP contribution in [-0.2, 0) is 24.7 Å². The number of thioether (sulfide) groups is 1. The van der Waals surface area contributed by atoms with Crippen molar-refractivity contribution in [3.8, 4) is 10.7 Å². The number of carbonyl (C=O) groups excluding carboxylic acids is 1. The zero-order valence-electron chi connectivity index (χ0n) is 18.0. The van der Waals surface area contributed by atoms with Gasteiger partial charge in [0.05, 0.1) is 10.1 Å². The van der Waals surface area contributed by atoms with Gasteiger partial charge in [-0.1, -0.05) is 32.0 Å². The van der Waals surface area contributed by atoms with Crippen molar-refractivity contribution in [1.29, 1.82) is 0 Å². The predicted molar refractivity (Wildman–Crippen MR) is 120 cm³/mol. The lowest BCUT2D eigenvalue weighted by atomic mass is 9.87. The summed E-state index contributed by atoms with van der Waals surface area (Å²) in [7, 11) is 2.02. The van der Waals surface area contributed by atoms with Crippen LogP contribution in [0, 0.1) is 11.8 Å². The molecule has 2 atom stereocenters. The summed E-state index contributed by atoms with van der Waals surface area (Å²) in [5.41, 5.74) is 1.50. The van der Waals surface area contributed by atoms with Gasteiger partial charge in [-0.15, -0.1) is 21.5 Å². The van der Waals surface area contributed by atoms with Gasteiger partial charge in [-0.3, -0.25) is 4.79 Å². The average Bonchev–Trinajstić information content (AvgIpc) is 3.30. The van der Waals surface area contributed by atoms with Gasteiger partial charge in [-0.05, 0) is 62.5 Å². The number of likely N-dealkylation sites (tertiary alicyclic amines) is 1. The zero-order valence-corrected chi connectivity index (χ0v) is 19.6. The maximum atomic E-state index is 12.8. The molecule has 2 aliphatic rings. The summed E-state index contributed by atoms with van der Waals surface area (Å²) in [6.45, 7) is 8.32. The SMILES string of the molecule is CCC1CCc2sc(-c3nnc(SC(C)C(=O)N4CCC(C)CC4)n3C)cc2C1. The lowest BCUT2D eigenvalue weighted by molar-refractivity contribution is -0.131. The van der Waals surface area contributed by atoms with E-state index in [1.165, 1.54) is 52.8 Å². The first-order chi connectivity index (χ1) is 14.0. The maximum absolute atomic E-state index is 12.8. The van der Waals surface area contributed by atoms with E-state index in [-0.39, 0.29) is 11.2 Å². The Kier molecular flexibility index (Phi) is 6.35. The summed E-state index contributed by atoms with van der Waals surface area (Å²) in [5, 5.41) is 9.59. The highest BCUT2D eigenvalue weighted by atomic mass is 32.2. The van der Waals surface area contributed by atoms with E-state index in [2.05, 4.69) is 34.7 Å². The van der Waals surface area contributed by atoms with Crippen molar-refractivity contribution in [2.24, 2.45) is 18.9 Å². The normalized spacial score (nSPS) is 21.2. The molecule has 2 aromatic heterocycles. The molecule has 0 saturated carbocycles. The Balaban J connectivity index is 1.45. The number of fused-ring (bicyclic) bond motifs is 1. The smallest absolute Gasteiger partial charge is 0.235 e. The molecule has 2 unspecified atom stereocenters. The van der Waals surface area contributed by atoms with E-state index in [1.807, 2.05) is 30.2 Å². The number of aromatic nitrogens is 3. The summed E-state index contributed by atoms with van der Waals surface area (Å²) in [6, 6.07) is 2.32. The number of nitrogens with zero attached hydrogens (tertiary/aromatic N) is 4. The second-order valence-corrected chi connectivity index (χ2v) is 11.2. The van der Waals surface area contributed by atoms with Crippen LogP contribution in [0.25, 0.3) is 10.7 Å². The van der Waals surface area contributed by atoms with Crippen LogP contribution >= 0.6 is 23.1 Å². The van der Waals surface area contributed by atoms with Crippen molar-refractivity contribution >= 4 is 29.0 Å². The summed E-state index contributed by atoms with van der Waals surface area (Å²) in [6.07, 6.45) is 7.17. The predicted octanol–water partition coefficient (Wildman–Crippen LogP) is 4.80. The Morgan fingerprint density at radius 1 is 1.31 bits per heavy atom. The lowest BCUT2D eigenvalue weighted by Crippen LogP contribution is -2.41. The van der Waals surface area contributed by atoms with Crippen LogP contribution < -0.4 is 0 Å². The van der Waals surface area contributed by atoms with Crippen LogP contribution in [-0.4, -0.2) is 43.9 Å². The van der Waals surface area contributed by atoms with Crippen LogP contribution in [0.1, 0.15) is 56.9 Å². The minimum atomic E-state index is -0.138. The largest absolute Gasteiger partial charge is 0.342 e. The molecular formula is C22H32N4OS2. The Labute approximate surface area is 182 Å². The number of thiophene rings is 1. The van der Waals surface area contributed by atoms with Crippen LogP contribution in [0.5, 0.6) is 0 Å². The standard InChI is InChI=1S/C22H32N4OS2/c1-5-16-6-7-18-17(12-16)13-19(29-18)20-23-24-22(25(20)4)28-15(3)21(27)26-10-8-14(2)9-11-26/h13-16H,5-12H2,1-4H3. The molecule has 1 aliphatic carbocycles. The third-order valence-electron chi connectivity index (χ3n) is 6.54. The minimum Gasteiger partial charge on any atom is -0.342 e. The molecule has 0 N–H and O–H groups in total. The maximum Gasteiger partial charge on any atom is 0.235 e. The molecule has 4 rings (SSSR count). The molecule has 5 nitrogen and oxygen atoms in total. The van der Waals surface area contributed by atoms with E-state index in [0.29, 0.717) is 0 Å². The Bertz CT molecular complexity index is 866. The van der Waals surface area contributed by atoms with Crippen molar-refractivity contribution in [2.75, 3.05) is 13.1 Å². The van der Waals surface area contributed by atoms with Crippen molar-refractivity contribution in [1.82, 2.24) is 19.7 Å². The third-order valence-corrected chi connectivity index (χ3v) is 8.90. The molecule has 0 bridgehead atoms. The summed E-state index contributed by atoms with van der Waals surface area (Å²) < 4.78 is 2.06. The van der Waals surface area contributed by atoms with Gasteiger partial charge in [0.2, 0.25) is 5.91 Å². The van der Waals surface area contributed by atoms with E-state index in [0.717, 1.165) is 48.7 Å². The first-order valence-corrected chi connectivity index (χ1v) is 12.6. The van der Waals surface area contributed by atoms with Crippen LogP contribution in [0.2, 0.25) is 0 Å². The Hall–Kier alpha value is -1.34. The molecule has 1 fully saturated rings. The van der Waals surface area contributed by atoms with Crippen LogP contribution in [0.15, 0.2) is 11.2 Å². The second-order valence-electron chi connectivity index (χ2n) is 8.71. The van der Waals surface area contributed by atoms with Crippen molar-refractivity contribution in [2.45, 2.75) is 69.7 Å². The first kappa shape index (κ1) is 20.9. The van der Waals surface area contributed by atoms with E-state index >= 15 is 0 Å². The van der Waals surface area contributed by atoms with Crippen molar-refractivity contribution in [3.63, 3.8) is 0 Å². The molecule has 0 spiro atoms. The van der Waals surface area contributed by atoms with Gasteiger partial charge in [0.1, 0.15) is 0 Å². The quantitative estimate of drug-likeness (QED) is 0.637. The lowest BCUT2D eigenvalue weighted by Gasteiger charge is -2.31. The number of hydrogen-bond acceptors (Lipinski definition) is 5. The average molecular weight is 433 g/mol. The van der Waals surface area contributed by atoms with Crippen molar-refractivity contribution < 1.29 is 4.79 Å². The number of aryl methyl sites for hydroxylation is 1.